The van der Waals surface area contributed by atoms with E-state index in [-0.39, 0.29) is 25.2 Å². The Bertz CT molecular complexity index is 229. The van der Waals surface area contributed by atoms with Gasteiger partial charge >= 0.3 is 0 Å². The molecule has 1 aliphatic carbocycles. The Hall–Kier alpha value is -0.480. The Kier molecular flexibility index (Phi) is 5.35. The fraction of sp³-hybridized carbons (Fsp3) is 0.833. The molecule has 0 N–H and O–H groups in total. The molecule has 0 saturated heterocycles. The van der Waals surface area contributed by atoms with Gasteiger partial charge in [-0.1, -0.05) is 13.0 Å². The highest BCUT2D eigenvalue weighted by Crippen LogP contribution is 2.26. The van der Waals surface area contributed by atoms with Crippen molar-refractivity contribution in [2.24, 2.45) is 0 Å². The van der Waals surface area contributed by atoms with Crippen LogP contribution in [0, 0.1) is 0 Å². The Labute approximate surface area is 95.6 Å². The summed E-state index contributed by atoms with van der Waals surface area (Å²) in [6.07, 6.45) is 4.35. The molecule has 0 radical (unpaired) electrons. The van der Waals surface area contributed by atoms with E-state index in [0.717, 1.165) is 18.9 Å². The second-order valence-corrected chi connectivity index (χ2v) is 3.96. The van der Waals surface area contributed by atoms with Crippen LogP contribution in [0.15, 0.2) is 12.2 Å². The van der Waals surface area contributed by atoms with Crippen LogP contribution >= 0.6 is 0 Å². The van der Waals surface area contributed by atoms with Crippen LogP contribution in [0.1, 0.15) is 33.1 Å². The highest BCUT2D eigenvalue weighted by atomic mass is 19.3. The van der Waals surface area contributed by atoms with Crippen molar-refractivity contribution in [1.29, 1.82) is 0 Å². The molecule has 1 fully saturated rings. The molecule has 1 saturated carbocycles. The van der Waals surface area contributed by atoms with Gasteiger partial charge in [0.2, 0.25) is 0 Å². The summed E-state index contributed by atoms with van der Waals surface area (Å²) in [4.78, 5) is 0. The first kappa shape index (κ1) is 13.6. The molecule has 2 atom stereocenters. The monoisotopic (exact) mass is 234 g/mol. The number of ether oxygens (including phenoxy) is 2. The van der Waals surface area contributed by atoms with Crippen LogP contribution in [-0.2, 0) is 9.47 Å². The number of alkyl halides is 2. The number of hydrogen-bond acceptors (Lipinski definition) is 2. The molecule has 4 heteroatoms. The normalized spacial score (nSPS) is 26.0. The standard InChI is InChI=1S/C12H20F2O2/c1-3-12(13,14)8-5-9-16-11-7-6-10(11)15-4-2/h5,8,10-11H,3-4,6-7,9H2,1-2H3/b8-5+. The van der Waals surface area contributed by atoms with Crippen molar-refractivity contribution >= 4 is 0 Å². The van der Waals surface area contributed by atoms with Crippen LogP contribution in [0.25, 0.3) is 0 Å². The Morgan fingerprint density at radius 3 is 2.31 bits per heavy atom. The molecule has 0 bridgehead atoms. The van der Waals surface area contributed by atoms with Crippen LogP contribution in [0.5, 0.6) is 0 Å². The maximum Gasteiger partial charge on any atom is 0.266 e. The molecule has 0 aromatic rings. The van der Waals surface area contributed by atoms with E-state index in [2.05, 4.69) is 0 Å². The summed E-state index contributed by atoms with van der Waals surface area (Å²) in [5.41, 5.74) is 0. The molecule has 1 aliphatic rings. The lowest BCUT2D eigenvalue weighted by Crippen LogP contribution is -2.41. The molecule has 16 heavy (non-hydrogen) atoms. The van der Waals surface area contributed by atoms with Crippen molar-refractivity contribution in [2.75, 3.05) is 13.2 Å². The number of rotatable bonds is 7. The second kappa shape index (κ2) is 6.30. The molecule has 0 amide bonds. The van der Waals surface area contributed by atoms with Crippen molar-refractivity contribution in [1.82, 2.24) is 0 Å². The number of hydrogen-bond donors (Lipinski definition) is 0. The third kappa shape index (κ3) is 4.18. The van der Waals surface area contributed by atoms with E-state index >= 15 is 0 Å². The smallest absolute Gasteiger partial charge is 0.266 e. The Morgan fingerprint density at radius 1 is 1.19 bits per heavy atom. The topological polar surface area (TPSA) is 18.5 Å². The van der Waals surface area contributed by atoms with Gasteiger partial charge in [0.15, 0.2) is 0 Å². The minimum atomic E-state index is -2.71. The zero-order chi connectivity index (χ0) is 12.0. The quantitative estimate of drug-likeness (QED) is 0.630. The Balaban J connectivity index is 2.16. The zero-order valence-electron chi connectivity index (χ0n) is 9.92. The largest absolute Gasteiger partial charge is 0.376 e. The third-order valence-corrected chi connectivity index (χ3v) is 2.77. The van der Waals surface area contributed by atoms with Gasteiger partial charge in [-0.05, 0) is 25.8 Å². The maximum absolute atomic E-state index is 12.8. The molecular formula is C12H20F2O2. The fourth-order valence-corrected chi connectivity index (χ4v) is 1.55. The molecule has 0 aromatic carbocycles. The van der Waals surface area contributed by atoms with E-state index in [9.17, 15) is 8.78 Å². The summed E-state index contributed by atoms with van der Waals surface area (Å²) in [6, 6.07) is 0. The van der Waals surface area contributed by atoms with E-state index in [1.807, 2.05) is 6.92 Å². The molecule has 0 aliphatic heterocycles. The van der Waals surface area contributed by atoms with Gasteiger partial charge in [0, 0.05) is 13.0 Å². The van der Waals surface area contributed by atoms with Gasteiger partial charge in [-0.25, -0.2) is 8.78 Å². The van der Waals surface area contributed by atoms with Crippen molar-refractivity contribution < 1.29 is 18.3 Å². The fourth-order valence-electron chi connectivity index (χ4n) is 1.55. The van der Waals surface area contributed by atoms with Crippen molar-refractivity contribution in [3.63, 3.8) is 0 Å². The van der Waals surface area contributed by atoms with Gasteiger partial charge < -0.3 is 9.47 Å². The summed E-state index contributed by atoms with van der Waals surface area (Å²) in [6.45, 7) is 4.32. The van der Waals surface area contributed by atoms with Gasteiger partial charge in [-0.3, -0.25) is 0 Å². The molecule has 0 heterocycles. The second-order valence-electron chi connectivity index (χ2n) is 3.96. The van der Waals surface area contributed by atoms with Gasteiger partial charge in [0.1, 0.15) is 0 Å². The van der Waals surface area contributed by atoms with Crippen LogP contribution < -0.4 is 0 Å². The first-order chi connectivity index (χ1) is 7.59. The molecule has 1 rings (SSSR count). The zero-order valence-corrected chi connectivity index (χ0v) is 9.92. The SMILES string of the molecule is CCOC1CCC1OC/C=C/C(F)(F)CC. The summed E-state index contributed by atoms with van der Waals surface area (Å²) in [5, 5.41) is 0. The van der Waals surface area contributed by atoms with E-state index in [4.69, 9.17) is 9.47 Å². The van der Waals surface area contributed by atoms with Crippen molar-refractivity contribution in [2.45, 2.75) is 51.2 Å². The molecule has 0 aromatic heterocycles. The Morgan fingerprint density at radius 2 is 1.81 bits per heavy atom. The molecular weight excluding hydrogens is 214 g/mol. The minimum absolute atomic E-state index is 0.0832. The molecule has 0 spiro atoms. The average molecular weight is 234 g/mol. The van der Waals surface area contributed by atoms with Crippen LogP contribution in [-0.4, -0.2) is 31.3 Å². The highest BCUT2D eigenvalue weighted by molar-refractivity contribution is 4.94. The maximum atomic E-state index is 12.8. The summed E-state index contributed by atoms with van der Waals surface area (Å²) in [7, 11) is 0. The van der Waals surface area contributed by atoms with Crippen LogP contribution in [0.2, 0.25) is 0 Å². The average Bonchev–Trinajstić information content (AvgIpc) is 2.24. The third-order valence-electron chi connectivity index (χ3n) is 2.77. The number of allylic oxidation sites excluding steroid dienone is 1. The molecule has 2 nitrogen and oxygen atoms in total. The van der Waals surface area contributed by atoms with E-state index in [1.54, 1.807) is 0 Å². The van der Waals surface area contributed by atoms with E-state index in [1.165, 1.54) is 13.0 Å². The predicted molar refractivity (Wildman–Crippen MR) is 58.8 cm³/mol. The highest BCUT2D eigenvalue weighted by Gasteiger charge is 2.31. The lowest BCUT2D eigenvalue weighted by molar-refractivity contribution is -0.119. The summed E-state index contributed by atoms with van der Waals surface area (Å²) in [5.74, 6) is -2.71. The van der Waals surface area contributed by atoms with E-state index < -0.39 is 5.92 Å². The first-order valence-corrected chi connectivity index (χ1v) is 5.87. The van der Waals surface area contributed by atoms with E-state index in [0.29, 0.717) is 6.61 Å². The first-order valence-electron chi connectivity index (χ1n) is 5.87. The summed E-state index contributed by atoms with van der Waals surface area (Å²) >= 11 is 0. The predicted octanol–water partition coefficient (Wildman–Crippen LogP) is 3.17. The van der Waals surface area contributed by atoms with Crippen LogP contribution in [0.4, 0.5) is 8.78 Å². The van der Waals surface area contributed by atoms with Gasteiger partial charge in [0.25, 0.3) is 5.92 Å². The van der Waals surface area contributed by atoms with Crippen molar-refractivity contribution in [3.05, 3.63) is 12.2 Å². The number of halogens is 2. The molecule has 94 valence electrons. The molecule has 2 unspecified atom stereocenters. The van der Waals surface area contributed by atoms with Gasteiger partial charge in [-0.2, -0.15) is 0 Å². The minimum Gasteiger partial charge on any atom is -0.376 e. The van der Waals surface area contributed by atoms with Gasteiger partial charge in [-0.15, -0.1) is 0 Å². The lowest BCUT2D eigenvalue weighted by Gasteiger charge is -2.35. The van der Waals surface area contributed by atoms with Crippen molar-refractivity contribution in [3.8, 4) is 0 Å². The van der Waals surface area contributed by atoms with Gasteiger partial charge in [0.05, 0.1) is 18.8 Å². The lowest BCUT2D eigenvalue weighted by atomic mass is 9.92. The van der Waals surface area contributed by atoms with Crippen LogP contribution in [0.3, 0.4) is 0 Å². The summed E-state index contributed by atoms with van der Waals surface area (Å²) < 4.78 is 36.5.